The minimum atomic E-state index is -0.839. The lowest BCUT2D eigenvalue weighted by atomic mass is 10.1. The molecule has 0 aromatic carbocycles. The van der Waals surface area contributed by atoms with E-state index in [1.54, 1.807) is 30.1 Å². The van der Waals surface area contributed by atoms with Gasteiger partial charge in [-0.3, -0.25) is 0 Å². The first-order valence-corrected chi connectivity index (χ1v) is 6.03. The van der Waals surface area contributed by atoms with Crippen molar-refractivity contribution in [3.63, 3.8) is 0 Å². The fourth-order valence-corrected chi connectivity index (χ4v) is 2.24. The molecular formula is C10H14N4O2S. The van der Waals surface area contributed by atoms with Crippen LogP contribution in [0.25, 0.3) is 10.8 Å². The van der Waals surface area contributed by atoms with Crippen molar-refractivity contribution in [2.45, 2.75) is 32.6 Å². The van der Waals surface area contributed by atoms with Crippen molar-refractivity contribution >= 4 is 11.3 Å². The van der Waals surface area contributed by atoms with Crippen LogP contribution in [-0.4, -0.2) is 35.6 Å². The van der Waals surface area contributed by atoms with Crippen LogP contribution in [0.2, 0.25) is 0 Å². The van der Waals surface area contributed by atoms with E-state index >= 15 is 0 Å². The third kappa shape index (κ3) is 2.87. The molecule has 0 unspecified atom stereocenters. The molecule has 2 heterocycles. The summed E-state index contributed by atoms with van der Waals surface area (Å²) < 4.78 is 1.75. The van der Waals surface area contributed by atoms with E-state index in [1.807, 2.05) is 0 Å². The number of aliphatic hydroxyl groups is 2. The molecule has 2 aromatic heterocycles. The van der Waals surface area contributed by atoms with Gasteiger partial charge in [-0.1, -0.05) is 0 Å². The maximum Gasteiger partial charge on any atom is 0.192 e. The minimum Gasteiger partial charge on any atom is -0.390 e. The Bertz CT molecular complexity index is 500. The van der Waals surface area contributed by atoms with Crippen molar-refractivity contribution < 1.29 is 10.2 Å². The summed E-state index contributed by atoms with van der Waals surface area (Å²) in [6, 6.07) is 0. The van der Waals surface area contributed by atoms with Gasteiger partial charge in [0.2, 0.25) is 0 Å². The highest BCUT2D eigenvalue weighted by molar-refractivity contribution is 7.13. The van der Waals surface area contributed by atoms with E-state index in [0.717, 1.165) is 0 Å². The van der Waals surface area contributed by atoms with Crippen molar-refractivity contribution in [2.24, 2.45) is 0 Å². The fraction of sp³-hybridized carbons (Fsp3) is 0.500. The van der Waals surface area contributed by atoms with Gasteiger partial charge in [-0.05, 0) is 13.8 Å². The number of aromatic nitrogens is 4. The van der Waals surface area contributed by atoms with Crippen LogP contribution in [0.15, 0.2) is 11.7 Å². The summed E-state index contributed by atoms with van der Waals surface area (Å²) in [4.78, 5) is 4.23. The molecule has 0 aliphatic carbocycles. The third-order valence-electron chi connectivity index (χ3n) is 2.08. The Balaban J connectivity index is 2.30. The van der Waals surface area contributed by atoms with E-state index in [2.05, 4.69) is 15.2 Å². The Morgan fingerprint density at radius 1 is 1.47 bits per heavy atom. The Labute approximate surface area is 103 Å². The second-order valence-electron chi connectivity index (χ2n) is 4.40. The number of nitrogens with zero attached hydrogens (tertiary/aromatic N) is 4. The van der Waals surface area contributed by atoms with Crippen LogP contribution in [0, 0.1) is 0 Å². The number of hydrogen-bond donors (Lipinski definition) is 2. The largest absolute Gasteiger partial charge is 0.390 e. The molecule has 2 rings (SSSR count). The molecular weight excluding hydrogens is 240 g/mol. The molecule has 0 fully saturated rings. The van der Waals surface area contributed by atoms with Gasteiger partial charge in [0.1, 0.15) is 6.33 Å². The van der Waals surface area contributed by atoms with Crippen LogP contribution in [-0.2, 0) is 13.2 Å². The van der Waals surface area contributed by atoms with Crippen LogP contribution in [0.3, 0.4) is 0 Å². The standard InChI is InChI=1S/C10H14N4O2S/c1-10(2,16)5-14-6-11-13-8(14)9-12-7(3-15)4-17-9/h4,6,15-16H,3,5H2,1-2H3. The lowest BCUT2D eigenvalue weighted by Crippen LogP contribution is -2.26. The van der Waals surface area contributed by atoms with Gasteiger partial charge < -0.3 is 14.8 Å². The lowest BCUT2D eigenvalue weighted by molar-refractivity contribution is 0.0618. The van der Waals surface area contributed by atoms with Crippen molar-refractivity contribution in [3.05, 3.63) is 17.4 Å². The Morgan fingerprint density at radius 3 is 2.82 bits per heavy atom. The van der Waals surface area contributed by atoms with Gasteiger partial charge in [0.15, 0.2) is 10.8 Å². The quantitative estimate of drug-likeness (QED) is 0.837. The van der Waals surface area contributed by atoms with E-state index in [0.29, 0.717) is 23.1 Å². The summed E-state index contributed by atoms with van der Waals surface area (Å²) >= 11 is 1.40. The Hall–Kier alpha value is -1.31. The number of thiazole rings is 1. The average molecular weight is 254 g/mol. The minimum absolute atomic E-state index is 0.0872. The van der Waals surface area contributed by atoms with E-state index in [-0.39, 0.29) is 6.61 Å². The molecule has 17 heavy (non-hydrogen) atoms. The fourth-order valence-electron chi connectivity index (χ4n) is 1.44. The second-order valence-corrected chi connectivity index (χ2v) is 5.26. The highest BCUT2D eigenvalue weighted by atomic mass is 32.1. The summed E-state index contributed by atoms with van der Waals surface area (Å²) in [6.07, 6.45) is 1.56. The predicted molar refractivity (Wildman–Crippen MR) is 63.4 cm³/mol. The Kier molecular flexibility index (Phi) is 3.23. The molecule has 92 valence electrons. The zero-order valence-electron chi connectivity index (χ0n) is 9.66. The number of hydrogen-bond acceptors (Lipinski definition) is 6. The topological polar surface area (TPSA) is 84.1 Å². The molecule has 0 radical (unpaired) electrons. The smallest absolute Gasteiger partial charge is 0.192 e. The van der Waals surface area contributed by atoms with Crippen LogP contribution in [0.4, 0.5) is 0 Å². The van der Waals surface area contributed by atoms with Gasteiger partial charge in [0.25, 0.3) is 0 Å². The van der Waals surface area contributed by atoms with Gasteiger partial charge >= 0.3 is 0 Å². The lowest BCUT2D eigenvalue weighted by Gasteiger charge is -2.17. The van der Waals surface area contributed by atoms with Gasteiger partial charge in [-0.25, -0.2) is 4.98 Å². The summed E-state index contributed by atoms with van der Waals surface area (Å²) in [5.74, 6) is 0.608. The maximum atomic E-state index is 9.78. The average Bonchev–Trinajstić information content (AvgIpc) is 2.82. The maximum absolute atomic E-state index is 9.78. The van der Waals surface area contributed by atoms with Crippen LogP contribution in [0.5, 0.6) is 0 Å². The van der Waals surface area contributed by atoms with Crippen LogP contribution in [0.1, 0.15) is 19.5 Å². The van der Waals surface area contributed by atoms with Crippen molar-refractivity contribution in [3.8, 4) is 10.8 Å². The molecule has 6 nitrogen and oxygen atoms in total. The molecule has 0 aliphatic rings. The SMILES string of the molecule is CC(C)(O)Cn1cnnc1-c1nc(CO)cs1. The highest BCUT2D eigenvalue weighted by Crippen LogP contribution is 2.22. The molecule has 2 N–H and O–H groups in total. The van der Waals surface area contributed by atoms with Gasteiger partial charge in [-0.15, -0.1) is 21.5 Å². The molecule has 0 amide bonds. The molecule has 2 aromatic rings. The zero-order chi connectivity index (χ0) is 12.5. The van der Waals surface area contributed by atoms with E-state index in [4.69, 9.17) is 5.11 Å². The van der Waals surface area contributed by atoms with Gasteiger partial charge in [0, 0.05) is 5.38 Å². The number of rotatable bonds is 4. The first-order valence-electron chi connectivity index (χ1n) is 5.15. The van der Waals surface area contributed by atoms with Crippen molar-refractivity contribution in [2.75, 3.05) is 0 Å². The third-order valence-corrected chi connectivity index (χ3v) is 2.96. The zero-order valence-corrected chi connectivity index (χ0v) is 10.5. The van der Waals surface area contributed by atoms with E-state index in [9.17, 15) is 5.11 Å². The first-order chi connectivity index (χ1) is 7.99. The van der Waals surface area contributed by atoms with Crippen LogP contribution >= 0.6 is 11.3 Å². The summed E-state index contributed by atoms with van der Waals surface area (Å²) in [5.41, 5.74) is -0.225. The molecule has 0 saturated carbocycles. The van der Waals surface area contributed by atoms with Crippen molar-refractivity contribution in [1.82, 2.24) is 19.7 Å². The molecule has 0 saturated heterocycles. The molecule has 0 spiro atoms. The molecule has 7 heteroatoms. The monoisotopic (exact) mass is 254 g/mol. The molecule has 0 aliphatic heterocycles. The summed E-state index contributed by atoms with van der Waals surface area (Å²) in [7, 11) is 0. The molecule has 0 bridgehead atoms. The number of aliphatic hydroxyl groups excluding tert-OH is 1. The normalized spacial score (nSPS) is 12.0. The van der Waals surface area contributed by atoms with Gasteiger partial charge in [-0.2, -0.15) is 0 Å². The van der Waals surface area contributed by atoms with Crippen molar-refractivity contribution in [1.29, 1.82) is 0 Å². The molecule has 0 atom stereocenters. The van der Waals surface area contributed by atoms with E-state index in [1.165, 1.54) is 11.3 Å². The Morgan fingerprint density at radius 2 is 2.24 bits per heavy atom. The van der Waals surface area contributed by atoms with E-state index < -0.39 is 5.60 Å². The first kappa shape index (κ1) is 12.2. The van der Waals surface area contributed by atoms with Gasteiger partial charge in [0.05, 0.1) is 24.4 Å². The second kappa shape index (κ2) is 4.52. The summed E-state index contributed by atoms with van der Waals surface area (Å²) in [6.45, 7) is 3.75. The predicted octanol–water partition coefficient (Wildman–Crippen LogP) is 0.665. The summed E-state index contributed by atoms with van der Waals surface area (Å²) in [5, 5.41) is 29.0. The van der Waals surface area contributed by atoms with Crippen LogP contribution < -0.4 is 0 Å². The highest BCUT2D eigenvalue weighted by Gasteiger charge is 2.18.